The molecule has 2 aromatic carbocycles. The molecule has 3 aromatic rings. The molecule has 1 aliphatic rings. The first-order valence-electron chi connectivity index (χ1n) is 12.9. The fraction of sp³-hybridized carbons (Fsp3) is 0.310. The number of carbonyl (C=O) groups is 2. The van der Waals surface area contributed by atoms with Gasteiger partial charge in [-0.05, 0) is 30.2 Å². The Labute approximate surface area is 239 Å². The van der Waals surface area contributed by atoms with E-state index in [0.29, 0.717) is 49.1 Å². The van der Waals surface area contributed by atoms with Gasteiger partial charge in [-0.15, -0.1) is 0 Å². The predicted octanol–water partition coefficient (Wildman–Crippen LogP) is 3.46. The number of pyridine rings is 1. The van der Waals surface area contributed by atoms with Crippen LogP contribution in [0.5, 0.6) is 0 Å². The van der Waals surface area contributed by atoms with Crippen molar-refractivity contribution in [2.24, 2.45) is 0 Å². The van der Waals surface area contributed by atoms with E-state index in [4.69, 9.17) is 11.6 Å². The second-order valence-corrected chi connectivity index (χ2v) is 12.0. The molecule has 1 saturated heterocycles. The van der Waals surface area contributed by atoms with Crippen LogP contribution in [-0.2, 0) is 25.8 Å². The molecule has 1 aliphatic heterocycles. The minimum Gasteiger partial charge on any atom is -0.356 e. The monoisotopic (exact) mass is 579 g/mol. The lowest BCUT2D eigenvalue weighted by Gasteiger charge is -2.36. The number of benzene rings is 2. The topological polar surface area (TPSA) is 123 Å². The Morgan fingerprint density at radius 2 is 1.70 bits per heavy atom. The first-order chi connectivity index (χ1) is 19.2. The molecule has 0 bridgehead atoms. The number of nitrogens with zero attached hydrogens (tertiary/aromatic N) is 4. The number of nitrogens with one attached hydrogen (secondary N) is 1. The fourth-order valence-electron chi connectivity index (χ4n) is 4.53. The van der Waals surface area contributed by atoms with Gasteiger partial charge in [0.1, 0.15) is 11.9 Å². The van der Waals surface area contributed by atoms with Gasteiger partial charge in [-0.2, -0.15) is 5.26 Å². The van der Waals surface area contributed by atoms with Crippen molar-refractivity contribution in [2.45, 2.75) is 24.2 Å². The van der Waals surface area contributed by atoms with Gasteiger partial charge in [0.25, 0.3) is 0 Å². The minimum absolute atomic E-state index is 0.0361. The molecule has 0 atom stereocenters. The third kappa shape index (κ3) is 7.37. The maximum absolute atomic E-state index is 12.8. The summed E-state index contributed by atoms with van der Waals surface area (Å²) in [6.45, 7) is 2.13. The number of nitriles is 1. The van der Waals surface area contributed by atoms with Crippen LogP contribution in [0, 0.1) is 11.3 Å². The van der Waals surface area contributed by atoms with E-state index in [0.717, 1.165) is 18.2 Å². The molecule has 4 rings (SSSR count). The summed E-state index contributed by atoms with van der Waals surface area (Å²) in [6.07, 6.45) is 2.04. The van der Waals surface area contributed by atoms with Crippen molar-refractivity contribution in [3.05, 3.63) is 76.8 Å². The van der Waals surface area contributed by atoms with Crippen LogP contribution in [0.15, 0.2) is 65.6 Å². The molecule has 2 heterocycles. The quantitative estimate of drug-likeness (QED) is 0.412. The van der Waals surface area contributed by atoms with Gasteiger partial charge in [-0.1, -0.05) is 54.1 Å². The summed E-state index contributed by atoms with van der Waals surface area (Å²) in [5.41, 5.74) is 2.08. The molecule has 1 fully saturated rings. The molecule has 208 valence electrons. The zero-order chi connectivity index (χ0) is 28.7. The number of sulfone groups is 1. The molecule has 40 heavy (non-hydrogen) atoms. The van der Waals surface area contributed by atoms with E-state index >= 15 is 0 Å². The summed E-state index contributed by atoms with van der Waals surface area (Å²) in [7, 11) is -3.68. The molecule has 1 N–H and O–H groups in total. The zero-order valence-corrected chi connectivity index (χ0v) is 23.7. The molecular formula is C29H30ClN5O4S. The van der Waals surface area contributed by atoms with E-state index in [1.165, 1.54) is 6.07 Å². The summed E-state index contributed by atoms with van der Waals surface area (Å²) in [5.74, 6) is 0.0943. The van der Waals surface area contributed by atoms with Gasteiger partial charge >= 0.3 is 0 Å². The fourth-order valence-corrected chi connectivity index (χ4v) is 5.50. The number of amides is 2. The summed E-state index contributed by atoms with van der Waals surface area (Å²) in [4.78, 5) is 33.2. The molecule has 1 aromatic heterocycles. The van der Waals surface area contributed by atoms with Crippen LogP contribution < -0.4 is 10.2 Å². The summed E-state index contributed by atoms with van der Waals surface area (Å²) in [6, 6.07) is 20.0. The highest BCUT2D eigenvalue weighted by Crippen LogP contribution is 2.32. The van der Waals surface area contributed by atoms with Crippen LogP contribution in [0.1, 0.15) is 24.0 Å². The number of rotatable bonds is 9. The van der Waals surface area contributed by atoms with Gasteiger partial charge < -0.3 is 15.1 Å². The average Bonchev–Trinajstić information content (AvgIpc) is 2.96. The Kier molecular flexibility index (Phi) is 9.40. The molecule has 9 nitrogen and oxygen atoms in total. The maximum Gasteiger partial charge on any atom is 0.223 e. The molecule has 11 heteroatoms. The van der Waals surface area contributed by atoms with Crippen molar-refractivity contribution in [2.75, 3.05) is 43.9 Å². The summed E-state index contributed by atoms with van der Waals surface area (Å²) >= 11 is 6.01. The Hall–Kier alpha value is -3.94. The normalized spacial score (nSPS) is 13.5. The Morgan fingerprint density at radius 1 is 1.02 bits per heavy atom. The first-order valence-corrected chi connectivity index (χ1v) is 15.2. The van der Waals surface area contributed by atoms with Crippen molar-refractivity contribution in [1.82, 2.24) is 15.2 Å². The van der Waals surface area contributed by atoms with E-state index < -0.39 is 9.84 Å². The lowest BCUT2D eigenvalue weighted by atomic mass is 10.1. The number of hydrogen-bond acceptors (Lipinski definition) is 7. The van der Waals surface area contributed by atoms with Crippen LogP contribution in [0.4, 0.5) is 5.82 Å². The minimum atomic E-state index is -3.68. The van der Waals surface area contributed by atoms with Crippen LogP contribution >= 0.6 is 11.6 Å². The number of hydrogen-bond donors (Lipinski definition) is 1. The molecule has 0 radical (unpaired) electrons. The number of halogens is 1. The Balaban J connectivity index is 1.38. The third-order valence-electron chi connectivity index (χ3n) is 6.68. The van der Waals surface area contributed by atoms with Crippen LogP contribution in [0.25, 0.3) is 11.3 Å². The number of aromatic nitrogens is 1. The lowest BCUT2D eigenvalue weighted by molar-refractivity contribution is -0.133. The van der Waals surface area contributed by atoms with E-state index in [9.17, 15) is 23.3 Å². The lowest BCUT2D eigenvalue weighted by Crippen LogP contribution is -2.49. The van der Waals surface area contributed by atoms with Gasteiger partial charge in [0.05, 0.1) is 16.2 Å². The Bertz CT molecular complexity index is 1510. The standard InChI is InChI=1S/C29H30ClN5O4S/c1-40(38,39)25-19-23(20-31)29(33-28(25)22-7-9-24(30)10-8-22)35-17-15-34(16-18-35)27(37)12-11-26(36)32-14-13-21-5-3-2-4-6-21/h2-10,19H,11-18H2,1H3,(H,32,36). The van der Waals surface area contributed by atoms with E-state index in [1.54, 1.807) is 29.2 Å². The Morgan fingerprint density at radius 3 is 2.33 bits per heavy atom. The van der Waals surface area contributed by atoms with Gasteiger partial charge in [0.15, 0.2) is 9.84 Å². The van der Waals surface area contributed by atoms with Gasteiger partial charge in [-0.3, -0.25) is 9.59 Å². The SMILES string of the molecule is CS(=O)(=O)c1cc(C#N)c(N2CCN(C(=O)CCC(=O)NCCc3ccccc3)CC2)nc1-c1ccc(Cl)cc1. The number of anilines is 1. The molecule has 2 amide bonds. The highest BCUT2D eigenvalue weighted by molar-refractivity contribution is 7.90. The van der Waals surface area contributed by atoms with Crippen LogP contribution in [0.3, 0.4) is 0 Å². The van der Waals surface area contributed by atoms with Crippen molar-refractivity contribution >= 4 is 39.1 Å². The second-order valence-electron chi connectivity index (χ2n) is 9.55. The number of carbonyl (C=O) groups excluding carboxylic acids is 2. The molecular weight excluding hydrogens is 550 g/mol. The summed E-state index contributed by atoms with van der Waals surface area (Å²) in [5, 5.41) is 13.2. The van der Waals surface area contributed by atoms with E-state index in [2.05, 4.69) is 16.4 Å². The zero-order valence-electron chi connectivity index (χ0n) is 22.1. The summed E-state index contributed by atoms with van der Waals surface area (Å²) < 4.78 is 25.1. The first kappa shape index (κ1) is 29.1. The second kappa shape index (κ2) is 12.9. The largest absolute Gasteiger partial charge is 0.356 e. The van der Waals surface area contributed by atoms with Gasteiger partial charge in [0.2, 0.25) is 11.8 Å². The van der Waals surface area contributed by atoms with Crippen molar-refractivity contribution in [1.29, 1.82) is 5.26 Å². The maximum atomic E-state index is 12.8. The third-order valence-corrected chi connectivity index (χ3v) is 8.04. The predicted molar refractivity (Wildman–Crippen MR) is 154 cm³/mol. The van der Waals surface area contributed by atoms with E-state index in [-0.39, 0.29) is 40.8 Å². The van der Waals surface area contributed by atoms with Crippen LogP contribution in [0.2, 0.25) is 5.02 Å². The van der Waals surface area contributed by atoms with Gasteiger partial charge in [0, 0.05) is 62.4 Å². The average molecular weight is 580 g/mol. The van der Waals surface area contributed by atoms with Crippen LogP contribution in [-0.4, -0.2) is 69.1 Å². The number of piperazine rings is 1. The molecule has 0 unspecified atom stereocenters. The smallest absolute Gasteiger partial charge is 0.223 e. The molecule has 0 saturated carbocycles. The van der Waals surface area contributed by atoms with Crippen molar-refractivity contribution in [3.63, 3.8) is 0 Å². The van der Waals surface area contributed by atoms with Gasteiger partial charge in [-0.25, -0.2) is 13.4 Å². The van der Waals surface area contributed by atoms with Crippen molar-refractivity contribution < 1.29 is 18.0 Å². The highest BCUT2D eigenvalue weighted by atomic mass is 35.5. The van der Waals surface area contributed by atoms with Crippen molar-refractivity contribution in [3.8, 4) is 17.3 Å². The molecule has 0 aliphatic carbocycles. The highest BCUT2D eigenvalue weighted by Gasteiger charge is 2.27. The molecule has 0 spiro atoms. The van der Waals surface area contributed by atoms with E-state index in [1.807, 2.05) is 35.2 Å².